The highest BCUT2D eigenvalue weighted by atomic mass is 16.5. The highest BCUT2D eigenvalue weighted by Gasteiger charge is 2.11. The van der Waals surface area contributed by atoms with E-state index in [1.54, 1.807) is 24.5 Å². The first-order valence-electron chi connectivity index (χ1n) is 10.0. The molecule has 0 saturated carbocycles. The molecule has 0 amide bonds. The lowest BCUT2D eigenvalue weighted by molar-refractivity contribution is 0.0498. The molecule has 0 spiro atoms. The summed E-state index contributed by atoms with van der Waals surface area (Å²) in [7, 11) is 0. The quantitative estimate of drug-likeness (QED) is 0.201. The van der Waals surface area contributed by atoms with Crippen molar-refractivity contribution in [3.63, 3.8) is 0 Å². The minimum absolute atomic E-state index is 0.282. The third kappa shape index (κ3) is 3.29. The SMILES string of the molecule is O=C(OCCCCc1ccc2ccc3cccc4ccc1c2c34)c1ccncc1. The Hall–Kier alpha value is -3.46. The Bertz CT molecular complexity index is 1280. The fraction of sp³-hybridized carbons (Fsp3) is 0.154. The van der Waals surface area contributed by atoms with E-state index in [0.717, 1.165) is 19.3 Å². The number of carbonyl (C=O) groups excluding carboxylic acids is 1. The van der Waals surface area contributed by atoms with Gasteiger partial charge >= 0.3 is 5.97 Å². The maximum atomic E-state index is 12.0. The fourth-order valence-electron chi connectivity index (χ4n) is 4.17. The molecule has 3 nitrogen and oxygen atoms in total. The molecule has 0 unspecified atom stereocenters. The molecule has 0 saturated heterocycles. The van der Waals surface area contributed by atoms with Crippen LogP contribution in [0.5, 0.6) is 0 Å². The maximum Gasteiger partial charge on any atom is 0.338 e. The number of aromatic nitrogens is 1. The van der Waals surface area contributed by atoms with Gasteiger partial charge in [0.05, 0.1) is 12.2 Å². The van der Waals surface area contributed by atoms with Crippen molar-refractivity contribution < 1.29 is 9.53 Å². The summed E-state index contributed by atoms with van der Waals surface area (Å²) < 4.78 is 5.38. The van der Waals surface area contributed by atoms with Crippen molar-refractivity contribution in [2.24, 2.45) is 0 Å². The van der Waals surface area contributed by atoms with Gasteiger partial charge in [-0.2, -0.15) is 0 Å². The third-order valence-electron chi connectivity index (χ3n) is 5.61. The second-order valence-electron chi connectivity index (χ2n) is 7.41. The molecule has 0 aliphatic heterocycles. The van der Waals surface area contributed by atoms with Crippen LogP contribution in [0.2, 0.25) is 0 Å². The van der Waals surface area contributed by atoms with Gasteiger partial charge in [-0.1, -0.05) is 54.6 Å². The summed E-state index contributed by atoms with van der Waals surface area (Å²) in [5, 5.41) is 7.93. The molecule has 3 heteroatoms. The van der Waals surface area contributed by atoms with Crippen LogP contribution in [0.1, 0.15) is 28.8 Å². The number of hydrogen-bond donors (Lipinski definition) is 0. The molecule has 0 bridgehead atoms. The van der Waals surface area contributed by atoms with Crippen LogP contribution in [0.25, 0.3) is 32.3 Å². The van der Waals surface area contributed by atoms with E-state index in [0.29, 0.717) is 12.2 Å². The Morgan fingerprint density at radius 2 is 1.45 bits per heavy atom. The van der Waals surface area contributed by atoms with Crippen LogP contribution < -0.4 is 0 Å². The van der Waals surface area contributed by atoms with Crippen molar-refractivity contribution in [1.29, 1.82) is 0 Å². The Kier molecular flexibility index (Phi) is 4.57. The maximum absolute atomic E-state index is 12.0. The van der Waals surface area contributed by atoms with E-state index >= 15 is 0 Å². The van der Waals surface area contributed by atoms with E-state index in [1.807, 2.05) is 0 Å². The van der Waals surface area contributed by atoms with Gasteiger partial charge in [-0.3, -0.25) is 4.98 Å². The van der Waals surface area contributed by atoms with Crippen LogP contribution in [0.3, 0.4) is 0 Å². The number of nitrogens with zero attached hydrogens (tertiary/aromatic N) is 1. The first-order chi connectivity index (χ1) is 14.3. The summed E-state index contributed by atoms with van der Waals surface area (Å²) in [5.74, 6) is -0.282. The number of aryl methyl sites for hydroxylation is 1. The van der Waals surface area contributed by atoms with E-state index in [1.165, 1.54) is 37.9 Å². The van der Waals surface area contributed by atoms with Gasteiger partial charge in [0.25, 0.3) is 0 Å². The lowest BCUT2D eigenvalue weighted by atomic mass is 9.91. The van der Waals surface area contributed by atoms with E-state index in [-0.39, 0.29) is 5.97 Å². The fourth-order valence-corrected chi connectivity index (χ4v) is 4.17. The molecule has 5 rings (SSSR count). The molecular weight excluding hydrogens is 358 g/mol. The number of rotatable bonds is 6. The van der Waals surface area contributed by atoms with Gasteiger partial charge in [0.1, 0.15) is 0 Å². The molecule has 29 heavy (non-hydrogen) atoms. The van der Waals surface area contributed by atoms with Gasteiger partial charge in [0.2, 0.25) is 0 Å². The van der Waals surface area contributed by atoms with Gasteiger partial charge in [0.15, 0.2) is 0 Å². The predicted octanol–water partition coefficient (Wildman–Crippen LogP) is 6.16. The summed E-state index contributed by atoms with van der Waals surface area (Å²) in [6.45, 7) is 0.437. The average molecular weight is 379 g/mol. The monoisotopic (exact) mass is 379 g/mol. The number of carbonyl (C=O) groups is 1. The van der Waals surface area contributed by atoms with Gasteiger partial charge in [-0.25, -0.2) is 4.79 Å². The van der Waals surface area contributed by atoms with Gasteiger partial charge in [0, 0.05) is 12.4 Å². The van der Waals surface area contributed by atoms with Crippen molar-refractivity contribution in [2.45, 2.75) is 19.3 Å². The molecule has 0 aliphatic carbocycles. The number of ether oxygens (including phenoxy) is 1. The zero-order valence-electron chi connectivity index (χ0n) is 16.1. The van der Waals surface area contributed by atoms with Gasteiger partial charge in [-0.15, -0.1) is 0 Å². The van der Waals surface area contributed by atoms with E-state index in [2.05, 4.69) is 59.6 Å². The molecule has 0 N–H and O–H groups in total. The summed E-state index contributed by atoms with van der Waals surface area (Å²) >= 11 is 0. The van der Waals surface area contributed by atoms with Crippen molar-refractivity contribution in [1.82, 2.24) is 4.98 Å². The molecule has 0 radical (unpaired) electrons. The highest BCUT2D eigenvalue weighted by molar-refractivity contribution is 6.23. The standard InChI is InChI=1S/C26H21NO2/c28-26(22-13-15-27-16-14-22)29-17-2-1-4-18-7-8-21-10-9-19-5-3-6-20-11-12-23(18)25(21)24(19)20/h3,5-16H,1-2,4,17H2. The zero-order valence-corrected chi connectivity index (χ0v) is 16.1. The Balaban J connectivity index is 1.30. The van der Waals surface area contributed by atoms with Crippen LogP contribution in [0.4, 0.5) is 0 Å². The molecule has 0 aliphatic rings. The lowest BCUT2D eigenvalue weighted by Gasteiger charge is -2.14. The topological polar surface area (TPSA) is 39.2 Å². The number of esters is 1. The minimum Gasteiger partial charge on any atom is -0.462 e. The van der Waals surface area contributed by atoms with Gasteiger partial charge in [-0.05, 0) is 69.3 Å². The normalized spacial score (nSPS) is 11.4. The molecule has 142 valence electrons. The van der Waals surface area contributed by atoms with Crippen molar-refractivity contribution in [3.8, 4) is 0 Å². The largest absolute Gasteiger partial charge is 0.462 e. The second-order valence-corrected chi connectivity index (χ2v) is 7.41. The van der Waals surface area contributed by atoms with E-state index in [9.17, 15) is 4.79 Å². The molecule has 4 aromatic carbocycles. The number of benzene rings is 4. The Labute approximate surface area is 169 Å². The number of hydrogen-bond acceptors (Lipinski definition) is 3. The first-order valence-corrected chi connectivity index (χ1v) is 10.0. The van der Waals surface area contributed by atoms with Crippen molar-refractivity contribution in [2.75, 3.05) is 6.61 Å². The minimum atomic E-state index is -0.282. The van der Waals surface area contributed by atoms with Crippen LogP contribution in [-0.2, 0) is 11.2 Å². The molecule has 0 atom stereocenters. The zero-order chi connectivity index (χ0) is 19.6. The summed E-state index contributed by atoms with van der Waals surface area (Å²) in [4.78, 5) is 15.9. The molecule has 1 aromatic heterocycles. The Morgan fingerprint density at radius 3 is 2.24 bits per heavy atom. The summed E-state index contributed by atoms with van der Waals surface area (Å²) in [6.07, 6.45) is 6.00. The molecule has 1 heterocycles. The number of pyridine rings is 1. The average Bonchev–Trinajstić information content (AvgIpc) is 2.78. The Morgan fingerprint density at radius 1 is 0.759 bits per heavy atom. The smallest absolute Gasteiger partial charge is 0.338 e. The van der Waals surface area contributed by atoms with Crippen LogP contribution >= 0.6 is 0 Å². The third-order valence-corrected chi connectivity index (χ3v) is 5.61. The predicted molar refractivity (Wildman–Crippen MR) is 118 cm³/mol. The van der Waals surface area contributed by atoms with E-state index < -0.39 is 0 Å². The first kappa shape index (κ1) is 17.6. The van der Waals surface area contributed by atoms with E-state index in [4.69, 9.17) is 4.74 Å². The van der Waals surface area contributed by atoms with Gasteiger partial charge < -0.3 is 4.74 Å². The number of unbranched alkanes of at least 4 members (excludes halogenated alkanes) is 1. The summed E-state index contributed by atoms with van der Waals surface area (Å²) in [6, 6.07) is 23.2. The van der Waals surface area contributed by atoms with Crippen LogP contribution in [0, 0.1) is 0 Å². The lowest BCUT2D eigenvalue weighted by Crippen LogP contribution is -2.06. The second kappa shape index (κ2) is 7.51. The van der Waals surface area contributed by atoms with Crippen LogP contribution in [-0.4, -0.2) is 17.6 Å². The van der Waals surface area contributed by atoms with Crippen molar-refractivity contribution in [3.05, 3.63) is 90.3 Å². The highest BCUT2D eigenvalue weighted by Crippen LogP contribution is 2.36. The summed E-state index contributed by atoms with van der Waals surface area (Å²) in [5.41, 5.74) is 1.91. The van der Waals surface area contributed by atoms with Crippen molar-refractivity contribution >= 4 is 38.3 Å². The molecule has 0 fully saturated rings. The van der Waals surface area contributed by atoms with Crippen LogP contribution in [0.15, 0.2) is 79.1 Å². The molecular formula is C26H21NO2. The molecule has 5 aromatic rings.